The molecule has 1 saturated heterocycles. The minimum Gasteiger partial charge on any atom is -0.235 e. The largest absolute Gasteiger partial charge is 0.530 e. The summed E-state index contributed by atoms with van der Waals surface area (Å²) in [6.45, 7) is 13.1. The summed E-state index contributed by atoms with van der Waals surface area (Å²) in [6, 6.07) is 0. The summed E-state index contributed by atoms with van der Waals surface area (Å²) in [4.78, 5) is 24.7. The van der Waals surface area contributed by atoms with Gasteiger partial charge in [-0.3, -0.25) is 0 Å². The molecule has 0 aromatic carbocycles. The van der Waals surface area contributed by atoms with Crippen molar-refractivity contribution in [3.8, 4) is 0 Å². The van der Waals surface area contributed by atoms with Crippen LogP contribution in [0, 0.1) is 0 Å². The van der Waals surface area contributed by atoms with Gasteiger partial charge in [0.05, 0.1) is 54.6 Å². The van der Waals surface area contributed by atoms with E-state index < -0.39 is 39.4 Å². The quantitative estimate of drug-likeness (QED) is 0.413. The van der Waals surface area contributed by atoms with E-state index >= 15 is 0 Å². The lowest BCUT2D eigenvalue weighted by molar-refractivity contribution is -1.11. The molecule has 1 aliphatic rings. The fourth-order valence-electron chi connectivity index (χ4n) is 3.84. The number of hydroxylamine groups is 4. The average molecular weight is 417 g/mol. The monoisotopic (exact) mass is 416 g/mol. The molecule has 0 bridgehead atoms. The Labute approximate surface area is 157 Å². The standard InChI is InChI=1S/C12H40N4O4Si4/c1-9-13(17-5)21-14(10-2,18-6)23-16(12-4,20-8)24-15(11-3,19-7)22-13/h9-12,21-24H2,1-8H3/q+4. The first-order chi connectivity index (χ1) is 11.3. The maximum absolute atomic E-state index is 6.18. The number of nitrogens with zero attached hydrogens (tertiary/aromatic N) is 4. The molecular formula is C12H40N4O4Si4+4. The van der Waals surface area contributed by atoms with Gasteiger partial charge < -0.3 is 0 Å². The van der Waals surface area contributed by atoms with Crippen LogP contribution in [0.4, 0.5) is 0 Å². The lowest BCUT2D eigenvalue weighted by Crippen LogP contribution is -2.83. The van der Waals surface area contributed by atoms with Crippen LogP contribution in [0.5, 0.6) is 0 Å². The summed E-state index contributed by atoms with van der Waals surface area (Å²) in [5.41, 5.74) is 0. The van der Waals surface area contributed by atoms with E-state index in [1.54, 1.807) is 0 Å². The van der Waals surface area contributed by atoms with Gasteiger partial charge in [-0.15, -0.1) is 0 Å². The van der Waals surface area contributed by atoms with Gasteiger partial charge in [-0.2, -0.15) is 0 Å². The van der Waals surface area contributed by atoms with E-state index in [9.17, 15) is 0 Å². The third kappa shape index (κ3) is 4.44. The van der Waals surface area contributed by atoms with Crippen molar-refractivity contribution in [2.24, 2.45) is 0 Å². The summed E-state index contributed by atoms with van der Waals surface area (Å²) in [5.74, 6) is 0. The highest BCUT2D eigenvalue weighted by atomic mass is 28.4. The zero-order valence-corrected chi connectivity index (χ0v) is 22.7. The number of quaternary nitrogens is 4. The molecule has 1 rings (SSSR count). The van der Waals surface area contributed by atoms with E-state index in [2.05, 4.69) is 27.7 Å². The van der Waals surface area contributed by atoms with Crippen LogP contribution in [0.25, 0.3) is 0 Å². The fraction of sp³-hybridized carbons (Fsp3) is 1.00. The minimum atomic E-state index is -0.724. The van der Waals surface area contributed by atoms with Crippen molar-refractivity contribution >= 4 is 39.4 Å². The number of rotatable bonds is 8. The zero-order valence-electron chi connectivity index (χ0n) is 17.1. The first-order valence-corrected chi connectivity index (χ1v) is 14.0. The van der Waals surface area contributed by atoms with Gasteiger partial charge in [-0.25, -0.2) is 35.3 Å². The van der Waals surface area contributed by atoms with Crippen LogP contribution in [0.1, 0.15) is 27.7 Å². The Morgan fingerprint density at radius 3 is 0.708 bits per heavy atom. The second-order valence-corrected chi connectivity index (χ2v) is 20.7. The topological polar surface area (TPSA) is 36.9 Å². The molecule has 0 unspecified atom stereocenters. The van der Waals surface area contributed by atoms with E-state index in [0.717, 1.165) is 42.1 Å². The smallest absolute Gasteiger partial charge is 0.235 e. The van der Waals surface area contributed by atoms with Crippen LogP contribution in [0.2, 0.25) is 0 Å². The van der Waals surface area contributed by atoms with Crippen LogP contribution in [0.3, 0.4) is 0 Å². The lowest BCUT2D eigenvalue weighted by Gasteiger charge is -2.51. The van der Waals surface area contributed by atoms with E-state index in [1.807, 2.05) is 28.4 Å². The van der Waals surface area contributed by atoms with E-state index in [1.165, 1.54) is 0 Å². The molecular weight excluding hydrogens is 377 g/mol. The molecule has 24 heavy (non-hydrogen) atoms. The minimum absolute atomic E-state index is 0.724. The van der Waals surface area contributed by atoms with Gasteiger partial charge >= 0.3 is 39.4 Å². The molecule has 1 aliphatic heterocycles. The first-order valence-electron chi connectivity index (χ1n) is 8.99. The average Bonchev–Trinajstić information content (AvgIpc) is 2.63. The molecule has 1 fully saturated rings. The molecule has 144 valence electrons. The summed E-state index contributed by atoms with van der Waals surface area (Å²) < 4.78 is 3.32. The molecule has 0 aliphatic carbocycles. The molecule has 0 amide bonds. The number of hydrogen-bond donors (Lipinski definition) is 0. The van der Waals surface area contributed by atoms with Gasteiger partial charge in [0, 0.05) is 0 Å². The SMILES string of the molecule is CC[N+]1(OC)[SiH2][N+](CC)(OC)[SiH2][N+](CC)(OC)[SiH2][N+](CC)(OC)[SiH2]1. The summed E-state index contributed by atoms with van der Waals surface area (Å²) in [6.07, 6.45) is 0. The molecule has 0 atom stereocenters. The second kappa shape index (κ2) is 8.96. The maximum Gasteiger partial charge on any atom is 0.530 e. The van der Waals surface area contributed by atoms with Crippen LogP contribution in [-0.2, 0) is 19.4 Å². The van der Waals surface area contributed by atoms with Gasteiger partial charge in [0.2, 0.25) is 0 Å². The van der Waals surface area contributed by atoms with Crippen molar-refractivity contribution in [1.29, 1.82) is 0 Å². The van der Waals surface area contributed by atoms with Crippen molar-refractivity contribution < 1.29 is 35.3 Å². The van der Waals surface area contributed by atoms with Crippen molar-refractivity contribution in [2.75, 3.05) is 54.6 Å². The Bertz CT molecular complexity index is 303. The number of hydrogen-bond acceptors (Lipinski definition) is 4. The molecule has 0 aromatic heterocycles. The fourth-order valence-corrected chi connectivity index (χ4v) is 23.7. The molecule has 0 radical (unpaired) electrons. The van der Waals surface area contributed by atoms with E-state index in [-0.39, 0.29) is 0 Å². The van der Waals surface area contributed by atoms with Crippen LogP contribution in [0.15, 0.2) is 0 Å². The Morgan fingerprint density at radius 2 is 0.625 bits per heavy atom. The van der Waals surface area contributed by atoms with Crippen molar-refractivity contribution in [3.63, 3.8) is 0 Å². The summed E-state index contributed by atoms with van der Waals surface area (Å²) >= 11 is 0. The van der Waals surface area contributed by atoms with Gasteiger partial charge in [0.15, 0.2) is 0 Å². The third-order valence-corrected chi connectivity index (χ3v) is 20.5. The second-order valence-electron chi connectivity index (χ2n) is 6.79. The Balaban J connectivity index is 3.45. The first kappa shape index (κ1) is 22.6. The lowest BCUT2D eigenvalue weighted by atomic mass is 10.8. The molecule has 0 N–H and O–H groups in total. The van der Waals surface area contributed by atoms with Crippen LogP contribution >= 0.6 is 0 Å². The van der Waals surface area contributed by atoms with Crippen molar-refractivity contribution in [1.82, 2.24) is 0 Å². The molecule has 0 spiro atoms. The Hall–Kier alpha value is 0.548. The van der Waals surface area contributed by atoms with Crippen molar-refractivity contribution in [3.05, 3.63) is 0 Å². The highest BCUT2D eigenvalue weighted by Gasteiger charge is 2.62. The maximum atomic E-state index is 6.18. The van der Waals surface area contributed by atoms with Crippen LogP contribution in [-0.4, -0.2) is 110 Å². The molecule has 12 heteroatoms. The Morgan fingerprint density at radius 1 is 0.458 bits per heavy atom. The third-order valence-electron chi connectivity index (χ3n) is 5.92. The molecule has 0 aromatic rings. The highest BCUT2D eigenvalue weighted by Crippen LogP contribution is 2.25. The predicted octanol–water partition coefficient (Wildman–Crippen LogP) is -2.41. The highest BCUT2D eigenvalue weighted by molar-refractivity contribution is 6.46. The van der Waals surface area contributed by atoms with E-state index in [4.69, 9.17) is 19.4 Å². The normalized spacial score (nSPS) is 45.0. The van der Waals surface area contributed by atoms with Gasteiger partial charge in [-0.05, 0) is 27.7 Å². The molecule has 8 nitrogen and oxygen atoms in total. The van der Waals surface area contributed by atoms with Gasteiger partial charge in [0.1, 0.15) is 0 Å². The predicted molar refractivity (Wildman–Crippen MR) is 105 cm³/mol. The van der Waals surface area contributed by atoms with E-state index in [0.29, 0.717) is 0 Å². The van der Waals surface area contributed by atoms with Gasteiger partial charge in [-0.1, -0.05) is 0 Å². The summed E-state index contributed by atoms with van der Waals surface area (Å²) in [7, 11) is 4.63. The summed E-state index contributed by atoms with van der Waals surface area (Å²) in [5, 5.41) is 0. The van der Waals surface area contributed by atoms with Crippen LogP contribution < -0.4 is 0 Å². The van der Waals surface area contributed by atoms with Gasteiger partial charge in [0.25, 0.3) is 0 Å². The zero-order chi connectivity index (χ0) is 18.5. The molecule has 0 saturated carbocycles. The molecule has 1 heterocycles. The Kier molecular flexibility index (Phi) is 8.44. The van der Waals surface area contributed by atoms with Crippen molar-refractivity contribution in [2.45, 2.75) is 27.7 Å².